The van der Waals surface area contributed by atoms with Gasteiger partial charge in [0.15, 0.2) is 18.9 Å². The van der Waals surface area contributed by atoms with Crippen molar-refractivity contribution in [1.82, 2.24) is 0 Å². The number of aliphatic hydroxyl groups excluding tert-OH is 10. The summed E-state index contributed by atoms with van der Waals surface area (Å²) in [4.78, 5) is 13.1. The van der Waals surface area contributed by atoms with Gasteiger partial charge in [-0.1, -0.05) is 59.6 Å². The van der Waals surface area contributed by atoms with Crippen molar-refractivity contribution in [3.63, 3.8) is 0 Å². The Balaban J connectivity index is 1.17. The van der Waals surface area contributed by atoms with Gasteiger partial charge in [0.2, 0.25) is 0 Å². The third-order valence-corrected chi connectivity index (χ3v) is 17.8. The molecule has 0 spiro atoms. The van der Waals surface area contributed by atoms with Gasteiger partial charge < -0.3 is 84.2 Å². The zero-order valence-electron chi connectivity index (χ0n) is 40.7. The van der Waals surface area contributed by atoms with E-state index in [4.69, 9.17) is 33.2 Å². The van der Waals surface area contributed by atoms with Crippen LogP contribution in [0, 0.1) is 52.3 Å². The van der Waals surface area contributed by atoms with Gasteiger partial charge >= 0.3 is 5.97 Å². The van der Waals surface area contributed by atoms with E-state index in [0.29, 0.717) is 32.1 Å². The van der Waals surface area contributed by atoms with E-state index in [2.05, 4.69) is 47.6 Å². The molecule has 3 saturated carbocycles. The van der Waals surface area contributed by atoms with Crippen LogP contribution < -0.4 is 0 Å². The molecule has 2 unspecified atom stereocenters. The molecule has 0 amide bonds. The molecular formula is C49H82O18. The van der Waals surface area contributed by atoms with Crippen LogP contribution in [0.2, 0.25) is 0 Å². The van der Waals surface area contributed by atoms with Gasteiger partial charge in [-0.05, 0) is 105 Å². The van der Waals surface area contributed by atoms with E-state index < -0.39 is 135 Å². The number of carbonyl (C=O) groups excluding carboxylic acids is 1. The first-order valence-corrected chi connectivity index (χ1v) is 25.0. The quantitative estimate of drug-likeness (QED) is 0.0860. The lowest BCUT2D eigenvalue weighted by atomic mass is 9.46. The van der Waals surface area contributed by atoms with Crippen molar-refractivity contribution in [2.24, 2.45) is 52.3 Å². The van der Waals surface area contributed by atoms with Crippen LogP contribution in [0.15, 0.2) is 11.6 Å². The Bertz CT molecular complexity index is 1700. The lowest BCUT2D eigenvalue weighted by Gasteiger charge is -2.59. The van der Waals surface area contributed by atoms with Gasteiger partial charge in [0.05, 0.1) is 31.0 Å². The first kappa shape index (κ1) is 53.4. The molecule has 3 heterocycles. The first-order chi connectivity index (χ1) is 31.5. The van der Waals surface area contributed by atoms with Gasteiger partial charge in [0, 0.05) is 12.8 Å². The van der Waals surface area contributed by atoms with Crippen LogP contribution in [0.3, 0.4) is 0 Å². The van der Waals surface area contributed by atoms with Crippen molar-refractivity contribution < 1.29 is 89.0 Å². The molecule has 0 aromatic carbocycles. The van der Waals surface area contributed by atoms with E-state index in [9.17, 15) is 55.9 Å². The number of ether oxygens (including phenoxy) is 7. The summed E-state index contributed by atoms with van der Waals surface area (Å²) in [6, 6.07) is 0. The molecule has 0 radical (unpaired) electrons. The summed E-state index contributed by atoms with van der Waals surface area (Å²) in [5.74, 6) is -0.577. The fourth-order valence-corrected chi connectivity index (χ4v) is 14.2. The molecule has 4 aliphatic carbocycles. The van der Waals surface area contributed by atoms with Gasteiger partial charge in [-0.15, -0.1) is 0 Å². The molecule has 27 atom stereocenters. The van der Waals surface area contributed by atoms with Crippen molar-refractivity contribution in [2.75, 3.05) is 6.61 Å². The van der Waals surface area contributed by atoms with Crippen LogP contribution in [-0.4, -0.2) is 180 Å². The summed E-state index contributed by atoms with van der Waals surface area (Å²) in [6.45, 7) is 16.8. The van der Waals surface area contributed by atoms with Crippen LogP contribution >= 0.6 is 0 Å². The third-order valence-electron chi connectivity index (χ3n) is 17.8. The maximum absolute atomic E-state index is 13.1. The molecule has 7 rings (SSSR count). The van der Waals surface area contributed by atoms with Crippen LogP contribution in [0.1, 0.15) is 114 Å². The number of hydrogen-bond acceptors (Lipinski definition) is 18. The number of carbonyl (C=O) groups is 1. The van der Waals surface area contributed by atoms with Gasteiger partial charge in [-0.3, -0.25) is 4.79 Å². The molecule has 7 aliphatic rings. The topological polar surface area (TPSA) is 284 Å². The van der Waals surface area contributed by atoms with Gasteiger partial charge in [0.1, 0.15) is 73.2 Å². The molecule has 18 heteroatoms. The highest BCUT2D eigenvalue weighted by Crippen LogP contribution is 2.68. The largest absolute Gasteiger partial charge is 0.459 e. The monoisotopic (exact) mass is 959 g/mol. The van der Waals surface area contributed by atoms with E-state index in [1.54, 1.807) is 6.92 Å². The zero-order chi connectivity index (χ0) is 49.2. The van der Waals surface area contributed by atoms with Crippen LogP contribution in [0.5, 0.6) is 0 Å². The second kappa shape index (κ2) is 21.0. The molecule has 6 fully saturated rings. The van der Waals surface area contributed by atoms with Crippen molar-refractivity contribution in [3.05, 3.63) is 11.6 Å². The predicted molar refractivity (Wildman–Crippen MR) is 237 cm³/mol. The zero-order valence-corrected chi connectivity index (χ0v) is 40.7. The van der Waals surface area contributed by atoms with E-state index in [0.717, 1.165) is 19.3 Å². The molecule has 0 bridgehead atoms. The number of rotatable bonds is 14. The highest BCUT2D eigenvalue weighted by Gasteiger charge is 2.68. The molecule has 3 aliphatic heterocycles. The van der Waals surface area contributed by atoms with Crippen LogP contribution in [0.4, 0.5) is 0 Å². The van der Waals surface area contributed by atoms with Gasteiger partial charge in [-0.2, -0.15) is 0 Å². The Morgan fingerprint density at radius 2 is 1.36 bits per heavy atom. The summed E-state index contributed by atoms with van der Waals surface area (Å²) in [5, 5.41) is 108. The Morgan fingerprint density at radius 1 is 0.761 bits per heavy atom. The smallest absolute Gasteiger partial charge is 0.303 e. The molecule has 386 valence electrons. The molecule has 18 nitrogen and oxygen atoms in total. The highest BCUT2D eigenvalue weighted by molar-refractivity contribution is 5.66. The summed E-state index contributed by atoms with van der Waals surface area (Å²) >= 11 is 0. The summed E-state index contributed by atoms with van der Waals surface area (Å²) in [7, 11) is 0. The van der Waals surface area contributed by atoms with E-state index in [1.165, 1.54) is 19.4 Å². The first-order valence-electron chi connectivity index (χ1n) is 25.0. The number of allylic oxidation sites excluding steroid dienone is 1. The Labute approximate surface area is 394 Å². The fraction of sp³-hybridized carbons (Fsp3) is 0.939. The predicted octanol–water partition coefficient (Wildman–Crippen LogP) is 1.04. The lowest BCUT2D eigenvalue weighted by Crippen LogP contribution is -2.64. The summed E-state index contributed by atoms with van der Waals surface area (Å²) in [6.07, 6.45) is -16.0. The minimum Gasteiger partial charge on any atom is -0.459 e. The van der Waals surface area contributed by atoms with Crippen molar-refractivity contribution >= 4 is 5.97 Å². The number of hydrogen-bond donors (Lipinski definition) is 10. The molecular weight excluding hydrogens is 877 g/mol. The number of esters is 1. The molecule has 10 N–H and O–H groups in total. The number of aliphatic hydroxyl groups is 10. The van der Waals surface area contributed by atoms with Crippen molar-refractivity contribution in [2.45, 2.75) is 230 Å². The van der Waals surface area contributed by atoms with E-state index in [1.807, 2.05) is 0 Å². The maximum atomic E-state index is 13.1. The third kappa shape index (κ3) is 9.93. The SMILES string of the molecule is CCC(C(C)C)C(O)C[C@@H](C)[C@H]1[C@@H](OC(C)=O)[C@@H](O[C@H]2O[C@H](C)[C@@H](O)[C@H](O)[C@@H]2O)[C@H]2[C@@H]3CC=C4C[C@@H](O[C@@H]5O[C@H](CO)[C@@H](O)[C@H](O)[C@H]5O[C@@H]5O[C@@H](C)[C@H](O)[C@@H](O)[C@H]5O)CC[C@]4(C)[C@H]3CC[C@@]21C. The molecule has 0 aromatic rings. The standard InChI is InChI=1S/C49H82O18/c1-10-27(20(2)3)30(52)17-21(4)32-42(63-24(7)51)43(66-45-40(59)37(56)34(53)22(5)61-45)33-28-12-11-25-18-26(13-15-48(25,8)29(28)14-16-49(32,33)9)64-47-44(39(58)36(55)31(19-50)65-47)67-46-41(60)38(57)35(54)23(6)62-46/h11,20-23,26-47,50,52-60H,10,12-19H2,1-9H3/t21-,22-,23+,26+,27?,28-,29+,30?,31-,32+,33-,34-,35+,36-,37+,38-,39+,40+,41-,42-,43+,44-,45-,46+,47-,48+,49-/m1/s1. The van der Waals surface area contributed by atoms with Crippen molar-refractivity contribution in [3.8, 4) is 0 Å². The highest BCUT2D eigenvalue weighted by atomic mass is 16.8. The van der Waals surface area contributed by atoms with E-state index >= 15 is 0 Å². The number of fused-ring (bicyclic) bond motifs is 5. The van der Waals surface area contributed by atoms with Crippen LogP contribution in [-0.2, 0) is 38.0 Å². The average molecular weight is 959 g/mol. The minimum absolute atomic E-state index is 0.0162. The second-order valence-corrected chi connectivity index (χ2v) is 22.2. The van der Waals surface area contributed by atoms with Gasteiger partial charge in [0.25, 0.3) is 0 Å². The fourth-order valence-electron chi connectivity index (χ4n) is 14.2. The minimum atomic E-state index is -1.69. The normalized spacial score (nSPS) is 50.4. The Kier molecular flexibility index (Phi) is 16.7. The Morgan fingerprint density at radius 3 is 1.91 bits per heavy atom. The maximum Gasteiger partial charge on any atom is 0.303 e. The summed E-state index contributed by atoms with van der Waals surface area (Å²) < 4.78 is 43.5. The lowest BCUT2D eigenvalue weighted by molar-refractivity contribution is -0.369. The van der Waals surface area contributed by atoms with E-state index in [-0.39, 0.29) is 46.8 Å². The van der Waals surface area contributed by atoms with Crippen LogP contribution in [0.25, 0.3) is 0 Å². The van der Waals surface area contributed by atoms with Crippen molar-refractivity contribution in [1.29, 1.82) is 0 Å². The molecule has 67 heavy (non-hydrogen) atoms. The molecule has 0 aromatic heterocycles. The molecule has 3 saturated heterocycles. The summed E-state index contributed by atoms with van der Waals surface area (Å²) in [5.41, 5.74) is 0.404. The average Bonchev–Trinajstić information content (AvgIpc) is 3.51. The van der Waals surface area contributed by atoms with Gasteiger partial charge in [-0.25, -0.2) is 0 Å². The Hall–Kier alpha value is -1.43. The second-order valence-electron chi connectivity index (χ2n) is 22.2.